The number of nitrogens with one attached hydrogen (secondary N) is 1. The number of pyridine rings is 2. The molecule has 3 aromatic rings. The van der Waals surface area contributed by atoms with Crippen molar-refractivity contribution in [3.63, 3.8) is 0 Å². The number of hydrogen-bond acceptors (Lipinski definition) is 7. The van der Waals surface area contributed by atoms with Crippen molar-refractivity contribution < 1.29 is 4.79 Å². The monoisotopic (exact) mass is 474 g/mol. The van der Waals surface area contributed by atoms with Gasteiger partial charge in [-0.25, -0.2) is 9.97 Å². The highest BCUT2D eigenvalue weighted by molar-refractivity contribution is 5.99. The summed E-state index contributed by atoms with van der Waals surface area (Å²) in [6.45, 7) is 8.87. The van der Waals surface area contributed by atoms with Crippen molar-refractivity contribution in [3.05, 3.63) is 51.6 Å². The number of anilines is 2. The highest BCUT2D eigenvalue weighted by Gasteiger charge is 2.26. The van der Waals surface area contributed by atoms with Crippen LogP contribution in [-0.2, 0) is 0 Å². The smallest absolute Gasteiger partial charge is 0.263 e. The van der Waals surface area contributed by atoms with Crippen molar-refractivity contribution in [2.45, 2.75) is 71.3 Å². The first kappa shape index (κ1) is 23.6. The van der Waals surface area contributed by atoms with Gasteiger partial charge in [-0.3, -0.25) is 14.2 Å². The fraction of sp³-hybridized carbons (Fsp3) is 0.519. The Balaban J connectivity index is 1.44. The van der Waals surface area contributed by atoms with Crippen molar-refractivity contribution in [1.82, 2.24) is 24.4 Å². The van der Waals surface area contributed by atoms with Crippen molar-refractivity contribution >= 4 is 28.6 Å². The second-order valence-electron chi connectivity index (χ2n) is 9.91. The zero-order chi connectivity index (χ0) is 24.5. The van der Waals surface area contributed by atoms with E-state index in [1.165, 1.54) is 12.5 Å². The minimum Gasteiger partial charge on any atom is -0.309 e. The predicted octanol–water partition coefficient (Wildman–Crippen LogP) is 4.76. The first-order valence-electron chi connectivity index (χ1n) is 12.8. The van der Waals surface area contributed by atoms with Crippen LogP contribution >= 0.6 is 0 Å². The summed E-state index contributed by atoms with van der Waals surface area (Å²) in [5, 5.41) is 3.96. The van der Waals surface area contributed by atoms with Gasteiger partial charge in [-0.1, -0.05) is 25.8 Å². The molecule has 0 amide bonds. The molecule has 1 aliphatic heterocycles. The van der Waals surface area contributed by atoms with Gasteiger partial charge >= 0.3 is 0 Å². The van der Waals surface area contributed by atoms with Gasteiger partial charge in [0.1, 0.15) is 11.5 Å². The first-order chi connectivity index (χ1) is 17.0. The summed E-state index contributed by atoms with van der Waals surface area (Å²) in [4.78, 5) is 42.0. The maximum Gasteiger partial charge on any atom is 0.263 e. The number of nitrogens with zero attached hydrogens (tertiary/aromatic N) is 5. The Hall–Kier alpha value is -3.13. The Morgan fingerprint density at radius 1 is 1.09 bits per heavy atom. The summed E-state index contributed by atoms with van der Waals surface area (Å²) in [7, 11) is 0. The molecule has 0 aromatic carbocycles. The van der Waals surface area contributed by atoms with Crippen LogP contribution in [0.15, 0.2) is 29.3 Å². The standard InChI is InChI=1S/C27H34N6O2/c1-4-32-13-11-19(12-14-32)20-9-10-23(28-15-20)30-27-29-16-22-17(2)24(18(3)34)26(35)33(25(22)31-27)21-7-5-6-8-21/h9-10,15-16,19,21H,4-8,11-14H2,1-3H3,(H,28,29,30,31). The van der Waals surface area contributed by atoms with E-state index >= 15 is 0 Å². The molecule has 1 aliphatic carbocycles. The molecule has 2 aliphatic rings. The quantitative estimate of drug-likeness (QED) is 0.515. The Bertz CT molecular complexity index is 1290. The van der Waals surface area contributed by atoms with Crippen LogP contribution in [0.25, 0.3) is 11.0 Å². The molecular formula is C27H34N6O2. The second-order valence-corrected chi connectivity index (χ2v) is 9.91. The lowest BCUT2D eigenvalue weighted by molar-refractivity contribution is 0.101. The van der Waals surface area contributed by atoms with Gasteiger partial charge in [0, 0.05) is 23.8 Å². The Kier molecular flexibility index (Phi) is 6.65. The fourth-order valence-electron chi connectivity index (χ4n) is 5.73. The van der Waals surface area contributed by atoms with Crippen molar-refractivity contribution in [3.8, 4) is 0 Å². The number of ketones is 1. The molecule has 0 unspecified atom stereocenters. The molecule has 0 bridgehead atoms. The fourth-order valence-corrected chi connectivity index (χ4v) is 5.73. The van der Waals surface area contributed by atoms with Crippen molar-refractivity contribution in [2.75, 3.05) is 25.0 Å². The van der Waals surface area contributed by atoms with E-state index in [0.29, 0.717) is 28.9 Å². The number of carbonyl (C=O) groups excluding carboxylic acids is 1. The lowest BCUT2D eigenvalue weighted by Crippen LogP contribution is -2.32. The zero-order valence-corrected chi connectivity index (χ0v) is 20.9. The lowest BCUT2D eigenvalue weighted by atomic mass is 9.90. The molecule has 8 heteroatoms. The third-order valence-corrected chi connectivity index (χ3v) is 7.78. The number of aromatic nitrogens is 4. The van der Waals surface area contributed by atoms with Crippen LogP contribution in [0.1, 0.15) is 85.8 Å². The zero-order valence-electron chi connectivity index (χ0n) is 20.9. The van der Waals surface area contributed by atoms with Crippen molar-refractivity contribution in [2.24, 2.45) is 0 Å². The van der Waals surface area contributed by atoms with Crippen molar-refractivity contribution in [1.29, 1.82) is 0 Å². The largest absolute Gasteiger partial charge is 0.309 e. The second kappa shape index (κ2) is 9.85. The van der Waals surface area contributed by atoms with Gasteiger partial charge in [0.2, 0.25) is 5.95 Å². The van der Waals surface area contributed by atoms with Crippen LogP contribution in [0.4, 0.5) is 11.8 Å². The molecule has 0 atom stereocenters. The number of fused-ring (bicyclic) bond motifs is 1. The molecule has 1 saturated carbocycles. The number of Topliss-reactive ketones (excluding diaryl/α,β-unsaturated/α-hetero) is 1. The molecule has 5 rings (SSSR count). The molecule has 35 heavy (non-hydrogen) atoms. The molecule has 2 fully saturated rings. The summed E-state index contributed by atoms with van der Waals surface area (Å²) in [5.74, 6) is 1.41. The number of piperidine rings is 1. The molecule has 8 nitrogen and oxygen atoms in total. The first-order valence-corrected chi connectivity index (χ1v) is 12.8. The third-order valence-electron chi connectivity index (χ3n) is 7.78. The Morgan fingerprint density at radius 2 is 1.83 bits per heavy atom. The number of hydrogen-bond donors (Lipinski definition) is 1. The van der Waals surface area contributed by atoms with E-state index in [-0.39, 0.29) is 22.9 Å². The average Bonchev–Trinajstić information content (AvgIpc) is 3.39. The highest BCUT2D eigenvalue weighted by Crippen LogP contribution is 2.32. The summed E-state index contributed by atoms with van der Waals surface area (Å²) in [6, 6.07) is 4.17. The lowest BCUT2D eigenvalue weighted by Gasteiger charge is -2.31. The summed E-state index contributed by atoms with van der Waals surface area (Å²) in [5.41, 5.74) is 2.51. The van der Waals surface area contributed by atoms with Gasteiger partial charge in [-0.15, -0.1) is 0 Å². The van der Waals surface area contributed by atoms with Crippen LogP contribution in [0.5, 0.6) is 0 Å². The third kappa shape index (κ3) is 4.59. The Labute approximate surface area is 205 Å². The van der Waals surface area contributed by atoms with Crippen LogP contribution < -0.4 is 10.9 Å². The molecule has 0 spiro atoms. The van der Waals surface area contributed by atoms with Gasteiger partial charge in [0.25, 0.3) is 5.56 Å². The highest BCUT2D eigenvalue weighted by atomic mass is 16.1. The van der Waals surface area contributed by atoms with E-state index in [4.69, 9.17) is 4.98 Å². The molecule has 1 saturated heterocycles. The molecule has 3 aromatic heterocycles. The average molecular weight is 475 g/mol. The van der Waals surface area contributed by atoms with E-state index in [1.807, 2.05) is 12.3 Å². The topological polar surface area (TPSA) is 93.0 Å². The van der Waals surface area contributed by atoms with E-state index in [1.54, 1.807) is 17.7 Å². The van der Waals surface area contributed by atoms with E-state index in [0.717, 1.165) is 63.5 Å². The molecule has 1 N–H and O–H groups in total. The molecule has 4 heterocycles. The maximum atomic E-state index is 13.4. The summed E-state index contributed by atoms with van der Waals surface area (Å²) in [6.07, 6.45) is 9.98. The summed E-state index contributed by atoms with van der Waals surface area (Å²) >= 11 is 0. The van der Waals surface area contributed by atoms with Crippen LogP contribution in [0.3, 0.4) is 0 Å². The van der Waals surface area contributed by atoms with Crippen LogP contribution in [0, 0.1) is 6.92 Å². The maximum absolute atomic E-state index is 13.4. The predicted molar refractivity (Wildman–Crippen MR) is 138 cm³/mol. The minimum absolute atomic E-state index is 0.0583. The van der Waals surface area contributed by atoms with Gasteiger partial charge in [-0.05, 0) is 82.3 Å². The molecular weight excluding hydrogens is 440 g/mol. The normalized spacial score (nSPS) is 17.8. The van der Waals surface area contributed by atoms with Gasteiger partial charge in [-0.2, -0.15) is 4.98 Å². The number of likely N-dealkylation sites (tertiary alicyclic amines) is 1. The number of carbonyl (C=O) groups is 1. The van der Waals surface area contributed by atoms with Gasteiger partial charge < -0.3 is 10.2 Å². The van der Waals surface area contributed by atoms with Crippen LogP contribution in [0.2, 0.25) is 0 Å². The molecule has 184 valence electrons. The number of rotatable bonds is 6. The van der Waals surface area contributed by atoms with Crippen LogP contribution in [-0.4, -0.2) is 49.8 Å². The summed E-state index contributed by atoms with van der Waals surface area (Å²) < 4.78 is 1.73. The van der Waals surface area contributed by atoms with E-state index in [9.17, 15) is 9.59 Å². The van der Waals surface area contributed by atoms with E-state index < -0.39 is 0 Å². The minimum atomic E-state index is -0.240. The van der Waals surface area contributed by atoms with E-state index in [2.05, 4.69) is 33.2 Å². The van der Waals surface area contributed by atoms with Gasteiger partial charge in [0.05, 0.1) is 5.56 Å². The Morgan fingerprint density at radius 3 is 2.46 bits per heavy atom. The van der Waals surface area contributed by atoms with Gasteiger partial charge in [0.15, 0.2) is 5.78 Å². The number of aryl methyl sites for hydroxylation is 1. The SMILES string of the molecule is CCN1CCC(c2ccc(Nc3ncc4c(C)c(C(C)=O)c(=O)n(C5CCCC5)c4n3)nc2)CC1. The molecule has 0 radical (unpaired) electrons.